The molecule has 0 aromatic carbocycles. The van der Waals surface area contributed by atoms with E-state index in [-0.39, 0.29) is 0 Å². The summed E-state index contributed by atoms with van der Waals surface area (Å²) in [7, 11) is 0. The van der Waals surface area contributed by atoms with E-state index >= 15 is 0 Å². The van der Waals surface area contributed by atoms with Crippen LogP contribution in [0.3, 0.4) is 0 Å². The van der Waals surface area contributed by atoms with E-state index in [1.807, 2.05) is 0 Å². The van der Waals surface area contributed by atoms with Crippen molar-refractivity contribution in [2.75, 3.05) is 5.45 Å². The fourth-order valence-corrected chi connectivity index (χ4v) is 0.548. The topological polar surface area (TPSA) is 66.4 Å². The number of carbonyl (C=O) groups is 2. The third-order valence-electron chi connectivity index (χ3n) is 0.618. The number of halogens is 1. The number of carboxylic acid groups (broad SMARTS) is 1. The molecule has 0 aliphatic heterocycles. The van der Waals surface area contributed by atoms with Crippen molar-refractivity contribution in [3.05, 3.63) is 12.2 Å². The highest BCUT2D eigenvalue weighted by atomic mass is 79.9. The van der Waals surface area contributed by atoms with E-state index in [4.69, 9.17) is 5.11 Å². The van der Waals surface area contributed by atoms with Gasteiger partial charge < -0.3 is 10.4 Å². The highest BCUT2D eigenvalue weighted by Gasteiger charge is 1.92. The molecule has 0 radical (unpaired) electrons. The molecule has 0 unspecified atom stereocenters. The zero-order chi connectivity index (χ0) is 7.98. The summed E-state index contributed by atoms with van der Waals surface area (Å²) in [4.78, 5) is 20.3. The van der Waals surface area contributed by atoms with Crippen molar-refractivity contribution in [3.63, 3.8) is 0 Å². The van der Waals surface area contributed by atoms with Crippen LogP contribution in [0.2, 0.25) is 0 Å². The summed E-state index contributed by atoms with van der Waals surface area (Å²) in [5.41, 5.74) is 0.315. The quantitative estimate of drug-likeness (QED) is 0.392. The van der Waals surface area contributed by atoms with Gasteiger partial charge in [-0.3, -0.25) is 4.79 Å². The normalized spacial score (nSPS) is 9.70. The lowest BCUT2D eigenvalue weighted by atomic mass is 10.5. The lowest BCUT2D eigenvalue weighted by Gasteiger charge is -1.90. The van der Waals surface area contributed by atoms with Crippen molar-refractivity contribution < 1.29 is 14.7 Å². The number of aliphatic carboxylic acids is 1. The molecule has 10 heavy (non-hydrogen) atoms. The Morgan fingerprint density at radius 3 is 2.50 bits per heavy atom. The van der Waals surface area contributed by atoms with Crippen LogP contribution in [0, 0.1) is 0 Å². The molecular weight excluding hydrogens is 202 g/mol. The third kappa shape index (κ3) is 5.30. The molecule has 4 nitrogen and oxygen atoms in total. The molecule has 56 valence electrons. The van der Waals surface area contributed by atoms with Crippen LogP contribution in [0.25, 0.3) is 0 Å². The van der Waals surface area contributed by atoms with Crippen LogP contribution < -0.4 is 5.32 Å². The summed E-state index contributed by atoms with van der Waals surface area (Å²) in [6.45, 7) is 0. The minimum Gasteiger partial charge on any atom is -0.478 e. The van der Waals surface area contributed by atoms with Crippen LogP contribution in [-0.4, -0.2) is 22.4 Å². The minimum atomic E-state index is -1.13. The summed E-state index contributed by atoms with van der Waals surface area (Å²) < 4.78 is 0. The van der Waals surface area contributed by atoms with Crippen molar-refractivity contribution in [2.45, 2.75) is 0 Å². The van der Waals surface area contributed by atoms with Gasteiger partial charge in [0.1, 0.15) is 0 Å². The number of rotatable bonds is 3. The van der Waals surface area contributed by atoms with E-state index in [1.165, 1.54) is 0 Å². The number of nitrogens with one attached hydrogen (secondary N) is 1. The number of carbonyl (C=O) groups excluding carboxylic acids is 1. The molecule has 0 aromatic rings. The molecule has 0 aliphatic carbocycles. The Bertz CT molecular complexity index is 166. The Morgan fingerprint density at radius 1 is 1.50 bits per heavy atom. The molecule has 0 spiro atoms. The van der Waals surface area contributed by atoms with Gasteiger partial charge in [0.25, 0.3) is 0 Å². The molecule has 0 fully saturated rings. The second kappa shape index (κ2) is 4.99. The first-order valence-corrected chi connectivity index (χ1v) is 3.53. The van der Waals surface area contributed by atoms with E-state index in [1.54, 1.807) is 0 Å². The summed E-state index contributed by atoms with van der Waals surface area (Å²) >= 11 is 2.94. The maximum absolute atomic E-state index is 10.5. The van der Waals surface area contributed by atoms with E-state index in [0.29, 0.717) is 5.45 Å². The predicted molar refractivity (Wildman–Crippen MR) is 38.7 cm³/mol. The smallest absolute Gasteiger partial charge is 0.328 e. The molecule has 0 bridgehead atoms. The average Bonchev–Trinajstić information content (AvgIpc) is 1.85. The largest absolute Gasteiger partial charge is 0.478 e. The molecule has 0 saturated heterocycles. The zero-order valence-electron chi connectivity index (χ0n) is 5.00. The molecule has 0 aromatic heterocycles. The fraction of sp³-hybridized carbons (Fsp3) is 0.200. The second-order valence-electron chi connectivity index (χ2n) is 1.35. The van der Waals surface area contributed by atoms with Gasteiger partial charge in [-0.1, -0.05) is 15.9 Å². The summed E-state index contributed by atoms with van der Waals surface area (Å²) in [6, 6.07) is 0. The number of alkyl halides is 1. The van der Waals surface area contributed by atoms with Gasteiger partial charge in [-0.15, -0.1) is 0 Å². The first-order chi connectivity index (χ1) is 4.66. The van der Waals surface area contributed by atoms with Crippen LogP contribution in [0.5, 0.6) is 0 Å². The number of hydrogen-bond donors (Lipinski definition) is 2. The fourth-order valence-electron chi connectivity index (χ4n) is 0.272. The highest BCUT2D eigenvalue weighted by molar-refractivity contribution is 9.09. The van der Waals surface area contributed by atoms with Crippen LogP contribution in [0.15, 0.2) is 12.2 Å². The Balaban J connectivity index is 3.67. The standard InChI is InChI=1S/C5H6BrNO3/c6-3-7-4(8)1-2-5(9)10/h1-2H,3H2,(H,7,8)(H,9,10)/b2-1-. The molecule has 5 heteroatoms. The average molecular weight is 208 g/mol. The van der Waals surface area contributed by atoms with Gasteiger partial charge in [0, 0.05) is 12.2 Å². The maximum Gasteiger partial charge on any atom is 0.328 e. The van der Waals surface area contributed by atoms with Crippen LogP contribution >= 0.6 is 15.9 Å². The molecular formula is C5H6BrNO3. The Morgan fingerprint density at radius 2 is 2.10 bits per heavy atom. The van der Waals surface area contributed by atoms with Gasteiger partial charge in [-0.2, -0.15) is 0 Å². The lowest BCUT2D eigenvalue weighted by Crippen LogP contribution is -2.18. The second-order valence-corrected chi connectivity index (χ2v) is 1.91. The molecule has 0 heterocycles. The number of amides is 1. The molecule has 0 saturated carbocycles. The van der Waals surface area contributed by atoms with Gasteiger partial charge in [0.05, 0.1) is 5.45 Å². The highest BCUT2D eigenvalue weighted by Crippen LogP contribution is 1.76. The van der Waals surface area contributed by atoms with Gasteiger partial charge in [0.2, 0.25) is 5.91 Å². The van der Waals surface area contributed by atoms with Crippen LogP contribution in [0.4, 0.5) is 0 Å². The van der Waals surface area contributed by atoms with Crippen molar-refractivity contribution >= 4 is 27.8 Å². The number of hydrogen-bond acceptors (Lipinski definition) is 2. The monoisotopic (exact) mass is 207 g/mol. The van der Waals surface area contributed by atoms with Gasteiger partial charge in [0.15, 0.2) is 0 Å². The van der Waals surface area contributed by atoms with Crippen molar-refractivity contribution in [3.8, 4) is 0 Å². The van der Waals surface area contributed by atoms with Crippen molar-refractivity contribution in [1.82, 2.24) is 5.32 Å². The Hall–Kier alpha value is -0.840. The number of carboxylic acids is 1. The first-order valence-electron chi connectivity index (χ1n) is 2.41. The lowest BCUT2D eigenvalue weighted by molar-refractivity contribution is -0.131. The maximum atomic E-state index is 10.5. The van der Waals surface area contributed by atoms with Gasteiger partial charge >= 0.3 is 5.97 Å². The van der Waals surface area contributed by atoms with E-state index < -0.39 is 11.9 Å². The van der Waals surface area contributed by atoms with Gasteiger partial charge in [-0.05, 0) is 0 Å². The predicted octanol–water partition coefficient (Wildman–Crippen LogP) is 0.0958. The van der Waals surface area contributed by atoms with E-state index in [9.17, 15) is 9.59 Å². The molecule has 2 N–H and O–H groups in total. The summed E-state index contributed by atoms with van der Waals surface area (Å²) in [6.07, 6.45) is 1.72. The zero-order valence-corrected chi connectivity index (χ0v) is 6.59. The molecule has 0 aliphatic rings. The first kappa shape index (κ1) is 9.16. The minimum absolute atomic E-state index is 0.315. The van der Waals surface area contributed by atoms with Gasteiger partial charge in [-0.25, -0.2) is 4.79 Å². The van der Waals surface area contributed by atoms with Crippen LogP contribution in [-0.2, 0) is 9.59 Å². The SMILES string of the molecule is O=C(O)/C=C\C(=O)NCBr. The van der Waals surface area contributed by atoms with E-state index in [0.717, 1.165) is 12.2 Å². The van der Waals surface area contributed by atoms with Crippen molar-refractivity contribution in [2.24, 2.45) is 0 Å². The van der Waals surface area contributed by atoms with E-state index in [2.05, 4.69) is 21.2 Å². The summed E-state index contributed by atoms with van der Waals surface area (Å²) in [5.74, 6) is -1.57. The Kier molecular flexibility index (Phi) is 4.57. The molecule has 0 rings (SSSR count). The Labute approximate surface area is 66.0 Å². The molecule has 0 atom stereocenters. The van der Waals surface area contributed by atoms with Crippen molar-refractivity contribution in [1.29, 1.82) is 0 Å². The molecule has 1 amide bonds. The third-order valence-corrected chi connectivity index (χ3v) is 0.899. The summed E-state index contributed by atoms with van der Waals surface area (Å²) in [5, 5.41) is 10.4. The van der Waals surface area contributed by atoms with Crippen LogP contribution in [0.1, 0.15) is 0 Å².